The van der Waals surface area contributed by atoms with Crippen molar-refractivity contribution in [1.29, 1.82) is 0 Å². The van der Waals surface area contributed by atoms with Crippen LogP contribution in [-0.2, 0) is 0 Å². The van der Waals surface area contributed by atoms with Crippen molar-refractivity contribution in [3.05, 3.63) is 126 Å². The van der Waals surface area contributed by atoms with Crippen molar-refractivity contribution in [2.75, 3.05) is 0 Å². The minimum Gasteiger partial charge on any atom is -0.245 e. The summed E-state index contributed by atoms with van der Waals surface area (Å²) in [4.78, 5) is 4.91. The van der Waals surface area contributed by atoms with Gasteiger partial charge in [0.15, 0.2) is 0 Å². The molecule has 36 heavy (non-hydrogen) atoms. The maximum Gasteiger partial charge on any atom is 0.0867 e. The molecule has 0 saturated carbocycles. The maximum absolute atomic E-state index is 4.93. The van der Waals surface area contributed by atoms with E-state index >= 15 is 0 Å². The first-order valence-corrected chi connectivity index (χ1v) is 12.1. The molecule has 0 spiro atoms. The SMILES string of the molecule is C/C(=N\n1c(C)ccc1-c1ccccc1)c1cccc(/C(C)=N/n2c(C)ccc2-c2ccccc2)n1. The topological polar surface area (TPSA) is 47.5 Å². The van der Waals surface area contributed by atoms with E-state index in [1.165, 1.54) is 0 Å². The zero-order chi connectivity index (χ0) is 25.1. The number of aryl methyl sites for hydroxylation is 2. The molecular weight excluding hydrogens is 442 g/mol. The lowest BCUT2D eigenvalue weighted by Gasteiger charge is -2.10. The standard InChI is InChI=1S/C31H29N5/c1-22-18-20-30(26-12-7-5-8-13-26)35(22)33-24(3)28-16-11-17-29(32-28)25(4)34-36-23(2)19-21-31(36)27-14-9-6-10-15-27/h5-21H,1-4H3/b33-24+,34-25+. The number of benzene rings is 2. The summed E-state index contributed by atoms with van der Waals surface area (Å²) in [5.41, 5.74) is 9.81. The second kappa shape index (κ2) is 10.0. The molecular formula is C31H29N5. The zero-order valence-electron chi connectivity index (χ0n) is 21.1. The molecule has 5 heteroatoms. The van der Waals surface area contributed by atoms with E-state index in [1.54, 1.807) is 0 Å². The van der Waals surface area contributed by atoms with E-state index in [-0.39, 0.29) is 0 Å². The van der Waals surface area contributed by atoms with Crippen LogP contribution in [0.25, 0.3) is 22.5 Å². The van der Waals surface area contributed by atoms with Gasteiger partial charge in [0.1, 0.15) is 0 Å². The van der Waals surface area contributed by atoms with Gasteiger partial charge in [0, 0.05) is 22.5 Å². The zero-order valence-corrected chi connectivity index (χ0v) is 21.1. The van der Waals surface area contributed by atoms with Crippen LogP contribution in [0.2, 0.25) is 0 Å². The fourth-order valence-corrected chi connectivity index (χ4v) is 4.22. The Hall–Kier alpha value is -4.51. The fraction of sp³-hybridized carbons (Fsp3) is 0.129. The maximum atomic E-state index is 4.93. The molecule has 5 rings (SSSR count). The summed E-state index contributed by atoms with van der Waals surface area (Å²) in [6.45, 7) is 8.12. The van der Waals surface area contributed by atoms with Crippen LogP contribution < -0.4 is 0 Å². The van der Waals surface area contributed by atoms with Crippen LogP contribution in [-0.4, -0.2) is 25.8 Å². The molecule has 0 unspecified atom stereocenters. The number of aromatic nitrogens is 3. The van der Waals surface area contributed by atoms with Crippen LogP contribution in [0.15, 0.2) is 113 Å². The summed E-state index contributed by atoms with van der Waals surface area (Å²) < 4.78 is 3.96. The third-order valence-electron chi connectivity index (χ3n) is 6.22. The van der Waals surface area contributed by atoms with Gasteiger partial charge in [0.2, 0.25) is 0 Å². The molecule has 0 radical (unpaired) electrons. The molecule has 0 bridgehead atoms. The Bertz CT molecular complexity index is 1440. The van der Waals surface area contributed by atoms with Crippen LogP contribution in [0.1, 0.15) is 36.6 Å². The third kappa shape index (κ3) is 4.68. The molecule has 0 saturated heterocycles. The molecule has 3 heterocycles. The number of pyridine rings is 1. The molecule has 0 atom stereocenters. The minimum atomic E-state index is 0.821. The monoisotopic (exact) mass is 471 g/mol. The normalized spacial score (nSPS) is 12.2. The summed E-state index contributed by atoms with van der Waals surface area (Å²) >= 11 is 0. The highest BCUT2D eigenvalue weighted by Gasteiger charge is 2.11. The quantitative estimate of drug-likeness (QED) is 0.242. The highest BCUT2D eigenvalue weighted by atomic mass is 15.4. The summed E-state index contributed by atoms with van der Waals surface area (Å²) in [6, 6.07) is 35.0. The van der Waals surface area contributed by atoms with Gasteiger partial charge >= 0.3 is 0 Å². The number of hydrogen-bond acceptors (Lipinski definition) is 3. The molecule has 2 aromatic carbocycles. The Morgan fingerprint density at radius 1 is 0.528 bits per heavy atom. The Morgan fingerprint density at radius 3 is 1.36 bits per heavy atom. The molecule has 3 aromatic heterocycles. The second-order valence-corrected chi connectivity index (χ2v) is 8.85. The van der Waals surface area contributed by atoms with E-state index in [2.05, 4.69) is 62.4 Å². The van der Waals surface area contributed by atoms with E-state index in [1.807, 2.05) is 77.8 Å². The largest absolute Gasteiger partial charge is 0.245 e. The van der Waals surface area contributed by atoms with Crippen molar-refractivity contribution in [3.63, 3.8) is 0 Å². The van der Waals surface area contributed by atoms with Gasteiger partial charge in [0.25, 0.3) is 0 Å². The first-order valence-electron chi connectivity index (χ1n) is 12.1. The molecule has 0 N–H and O–H groups in total. The lowest BCUT2D eigenvalue weighted by Crippen LogP contribution is -2.09. The Labute approximate surface area is 212 Å². The lowest BCUT2D eigenvalue weighted by molar-refractivity contribution is 0.851. The van der Waals surface area contributed by atoms with Crippen molar-refractivity contribution >= 4 is 11.4 Å². The average Bonchev–Trinajstić information content (AvgIpc) is 3.47. The van der Waals surface area contributed by atoms with Crippen LogP contribution >= 0.6 is 0 Å². The van der Waals surface area contributed by atoms with E-state index < -0.39 is 0 Å². The molecule has 178 valence electrons. The van der Waals surface area contributed by atoms with Crippen LogP contribution in [0, 0.1) is 13.8 Å². The lowest BCUT2D eigenvalue weighted by atomic mass is 10.2. The third-order valence-corrected chi connectivity index (χ3v) is 6.22. The number of nitrogens with zero attached hydrogens (tertiary/aromatic N) is 5. The number of rotatable bonds is 6. The van der Waals surface area contributed by atoms with E-state index in [0.29, 0.717) is 0 Å². The van der Waals surface area contributed by atoms with E-state index in [9.17, 15) is 0 Å². The van der Waals surface area contributed by atoms with Crippen LogP contribution in [0.5, 0.6) is 0 Å². The Balaban J connectivity index is 1.49. The first-order chi connectivity index (χ1) is 17.5. The molecule has 0 aliphatic carbocycles. The summed E-state index contributed by atoms with van der Waals surface area (Å²) in [5.74, 6) is 0. The number of hydrogen-bond donors (Lipinski definition) is 0. The van der Waals surface area contributed by atoms with Gasteiger partial charge in [-0.2, -0.15) is 10.2 Å². The highest BCUT2D eigenvalue weighted by molar-refractivity contribution is 6.00. The summed E-state index contributed by atoms with van der Waals surface area (Å²) in [6.07, 6.45) is 0. The average molecular weight is 472 g/mol. The van der Waals surface area contributed by atoms with Crippen molar-refractivity contribution in [3.8, 4) is 22.5 Å². The molecule has 5 nitrogen and oxygen atoms in total. The Morgan fingerprint density at radius 2 is 0.944 bits per heavy atom. The van der Waals surface area contributed by atoms with Gasteiger partial charge in [-0.25, -0.2) is 14.3 Å². The van der Waals surface area contributed by atoms with Crippen molar-refractivity contribution in [2.24, 2.45) is 10.2 Å². The second-order valence-electron chi connectivity index (χ2n) is 8.85. The van der Waals surface area contributed by atoms with Gasteiger partial charge in [0.05, 0.1) is 34.2 Å². The summed E-state index contributed by atoms with van der Waals surface area (Å²) in [7, 11) is 0. The first kappa shape index (κ1) is 23.2. The molecule has 0 amide bonds. The minimum absolute atomic E-state index is 0.821. The highest BCUT2D eigenvalue weighted by Crippen LogP contribution is 2.24. The fourth-order valence-electron chi connectivity index (χ4n) is 4.22. The van der Waals surface area contributed by atoms with Gasteiger partial charge in [-0.15, -0.1) is 0 Å². The van der Waals surface area contributed by atoms with Gasteiger partial charge in [-0.1, -0.05) is 66.7 Å². The van der Waals surface area contributed by atoms with Crippen LogP contribution in [0.4, 0.5) is 0 Å². The van der Waals surface area contributed by atoms with Crippen molar-refractivity contribution in [2.45, 2.75) is 27.7 Å². The predicted molar refractivity (Wildman–Crippen MR) is 149 cm³/mol. The van der Waals surface area contributed by atoms with Gasteiger partial charge in [-0.05, 0) is 64.1 Å². The van der Waals surface area contributed by atoms with E-state index in [0.717, 1.165) is 56.7 Å². The molecule has 0 fully saturated rings. The molecule has 0 aliphatic heterocycles. The van der Waals surface area contributed by atoms with E-state index in [4.69, 9.17) is 15.2 Å². The summed E-state index contributed by atoms with van der Waals surface area (Å²) in [5, 5.41) is 9.87. The molecule has 5 aromatic rings. The van der Waals surface area contributed by atoms with Crippen LogP contribution in [0.3, 0.4) is 0 Å². The van der Waals surface area contributed by atoms with Crippen molar-refractivity contribution < 1.29 is 0 Å². The van der Waals surface area contributed by atoms with Gasteiger partial charge < -0.3 is 0 Å². The predicted octanol–water partition coefficient (Wildman–Crippen LogP) is 7.18. The Kier molecular flexibility index (Phi) is 6.46. The molecule has 0 aliphatic rings. The van der Waals surface area contributed by atoms with Gasteiger partial charge in [-0.3, -0.25) is 0 Å². The smallest absolute Gasteiger partial charge is 0.0867 e. The van der Waals surface area contributed by atoms with Crippen molar-refractivity contribution in [1.82, 2.24) is 14.3 Å².